The molecule has 0 saturated carbocycles. The van der Waals surface area contributed by atoms with E-state index in [1.807, 2.05) is 6.92 Å². The van der Waals surface area contributed by atoms with Crippen LogP contribution in [0.25, 0.3) is 0 Å². The molecule has 1 heterocycles. The Morgan fingerprint density at radius 3 is 2.26 bits per heavy atom. The average molecular weight is 320 g/mol. The molecule has 2 rings (SSSR count). The zero-order valence-corrected chi connectivity index (χ0v) is 13.7. The first kappa shape index (κ1) is 17.1. The predicted molar refractivity (Wildman–Crippen MR) is 86.2 cm³/mol. The number of nitrogens with zero attached hydrogens (tertiary/aromatic N) is 1. The zero-order chi connectivity index (χ0) is 16.8. The number of methoxy groups -OCH3 is 1. The van der Waals surface area contributed by atoms with Crippen LogP contribution in [0.2, 0.25) is 0 Å². The number of hydrogen-bond donors (Lipinski definition) is 1. The summed E-state index contributed by atoms with van der Waals surface area (Å²) in [6.45, 7) is 3.02. The van der Waals surface area contributed by atoms with Gasteiger partial charge in [-0.2, -0.15) is 0 Å². The highest BCUT2D eigenvalue weighted by Gasteiger charge is 2.30. The number of piperidine rings is 1. The van der Waals surface area contributed by atoms with Crippen LogP contribution >= 0.6 is 0 Å². The Morgan fingerprint density at radius 1 is 1.22 bits per heavy atom. The molecule has 2 N–H and O–H groups in total. The van der Waals surface area contributed by atoms with E-state index in [4.69, 9.17) is 15.2 Å². The molecule has 1 saturated heterocycles. The first-order valence-electron chi connectivity index (χ1n) is 7.94. The molecular formula is C17H24N2O4. The van der Waals surface area contributed by atoms with Crippen LogP contribution in [0.1, 0.15) is 26.2 Å². The van der Waals surface area contributed by atoms with E-state index in [9.17, 15) is 9.59 Å². The topological polar surface area (TPSA) is 81.9 Å². The van der Waals surface area contributed by atoms with Gasteiger partial charge in [0.2, 0.25) is 5.91 Å². The van der Waals surface area contributed by atoms with E-state index in [1.54, 1.807) is 36.3 Å². The van der Waals surface area contributed by atoms with Crippen LogP contribution in [0.15, 0.2) is 24.3 Å². The fraction of sp³-hybridized carbons (Fsp3) is 0.529. The predicted octanol–water partition coefficient (Wildman–Crippen LogP) is 1.58. The molecule has 126 valence electrons. The molecule has 0 bridgehead atoms. The summed E-state index contributed by atoms with van der Waals surface area (Å²) in [6.07, 6.45) is 1.31. The van der Waals surface area contributed by atoms with Gasteiger partial charge in [0.1, 0.15) is 11.5 Å². The third-order valence-corrected chi connectivity index (χ3v) is 4.19. The molecule has 1 aliphatic heterocycles. The van der Waals surface area contributed by atoms with E-state index in [1.165, 1.54) is 0 Å². The summed E-state index contributed by atoms with van der Waals surface area (Å²) in [4.78, 5) is 25.6. The quantitative estimate of drug-likeness (QED) is 0.862. The number of likely N-dealkylation sites (tertiary alicyclic amines) is 1. The number of carbonyl (C=O) groups excluding carboxylic acids is 2. The first-order valence-corrected chi connectivity index (χ1v) is 7.94. The highest BCUT2D eigenvalue weighted by molar-refractivity contribution is 5.82. The minimum absolute atomic E-state index is 0.0359. The number of ether oxygens (including phenoxy) is 2. The van der Waals surface area contributed by atoms with Crippen molar-refractivity contribution in [2.75, 3.05) is 20.2 Å². The molecule has 2 amide bonds. The lowest BCUT2D eigenvalue weighted by Gasteiger charge is -2.33. The second-order valence-corrected chi connectivity index (χ2v) is 5.69. The van der Waals surface area contributed by atoms with E-state index < -0.39 is 6.10 Å². The minimum Gasteiger partial charge on any atom is -0.497 e. The number of nitrogens with two attached hydrogens (primary N) is 1. The number of rotatable bonds is 6. The van der Waals surface area contributed by atoms with Crippen molar-refractivity contribution in [2.45, 2.75) is 32.3 Å². The van der Waals surface area contributed by atoms with Gasteiger partial charge in [0.15, 0.2) is 6.10 Å². The van der Waals surface area contributed by atoms with Crippen molar-refractivity contribution in [1.82, 2.24) is 4.90 Å². The molecule has 6 heteroatoms. The molecule has 0 radical (unpaired) electrons. The van der Waals surface area contributed by atoms with Crippen LogP contribution in [-0.4, -0.2) is 43.0 Å². The third kappa shape index (κ3) is 4.37. The number of carbonyl (C=O) groups is 2. The van der Waals surface area contributed by atoms with Gasteiger partial charge in [-0.1, -0.05) is 6.92 Å². The van der Waals surface area contributed by atoms with Crippen molar-refractivity contribution >= 4 is 11.8 Å². The number of benzene rings is 1. The molecule has 23 heavy (non-hydrogen) atoms. The Labute approximate surface area is 136 Å². The highest BCUT2D eigenvalue weighted by atomic mass is 16.5. The van der Waals surface area contributed by atoms with Crippen molar-refractivity contribution in [3.63, 3.8) is 0 Å². The monoisotopic (exact) mass is 320 g/mol. The molecule has 0 aromatic heterocycles. The lowest BCUT2D eigenvalue weighted by molar-refractivity contribution is -0.141. The Kier molecular flexibility index (Phi) is 5.84. The Bertz CT molecular complexity index is 536. The van der Waals surface area contributed by atoms with Crippen molar-refractivity contribution in [3.05, 3.63) is 24.3 Å². The van der Waals surface area contributed by atoms with E-state index in [2.05, 4.69) is 0 Å². The standard InChI is InChI=1S/C17H24N2O4/c1-3-15(23-14-6-4-13(22-2)5-7-14)17(21)19-10-8-12(9-11-19)16(18)20/h4-7,12,15H,3,8-11H2,1-2H3,(H2,18,20)/t15-/m0/s1. The Balaban J connectivity index is 1.94. The normalized spacial score (nSPS) is 16.7. The maximum absolute atomic E-state index is 12.6. The average Bonchev–Trinajstić information content (AvgIpc) is 2.59. The van der Waals surface area contributed by atoms with Crippen LogP contribution in [0.5, 0.6) is 11.5 Å². The van der Waals surface area contributed by atoms with Gasteiger partial charge in [-0.25, -0.2) is 0 Å². The SMILES string of the molecule is CC[C@H](Oc1ccc(OC)cc1)C(=O)N1CCC(C(N)=O)CC1. The molecule has 1 fully saturated rings. The van der Waals surface area contributed by atoms with Crippen molar-refractivity contribution in [1.29, 1.82) is 0 Å². The van der Waals surface area contributed by atoms with E-state index >= 15 is 0 Å². The van der Waals surface area contributed by atoms with Crippen LogP contribution in [-0.2, 0) is 9.59 Å². The van der Waals surface area contributed by atoms with Crippen LogP contribution in [0.3, 0.4) is 0 Å². The van der Waals surface area contributed by atoms with Crippen molar-refractivity contribution in [2.24, 2.45) is 11.7 Å². The van der Waals surface area contributed by atoms with E-state index in [0.29, 0.717) is 38.1 Å². The van der Waals surface area contributed by atoms with Gasteiger partial charge in [-0.05, 0) is 43.5 Å². The van der Waals surface area contributed by atoms with E-state index in [-0.39, 0.29) is 17.7 Å². The molecule has 0 spiro atoms. The molecule has 6 nitrogen and oxygen atoms in total. The van der Waals surface area contributed by atoms with Gasteiger partial charge in [0.25, 0.3) is 5.91 Å². The molecule has 1 aromatic rings. The largest absolute Gasteiger partial charge is 0.497 e. The third-order valence-electron chi connectivity index (χ3n) is 4.19. The van der Waals surface area contributed by atoms with Crippen LogP contribution < -0.4 is 15.2 Å². The van der Waals surface area contributed by atoms with Gasteiger partial charge in [0.05, 0.1) is 7.11 Å². The summed E-state index contributed by atoms with van der Waals surface area (Å²) >= 11 is 0. The molecule has 1 aromatic carbocycles. The summed E-state index contributed by atoms with van der Waals surface area (Å²) < 4.78 is 10.9. The zero-order valence-electron chi connectivity index (χ0n) is 13.7. The molecule has 1 aliphatic rings. The molecular weight excluding hydrogens is 296 g/mol. The lowest BCUT2D eigenvalue weighted by atomic mass is 9.96. The van der Waals surface area contributed by atoms with Crippen LogP contribution in [0, 0.1) is 5.92 Å². The maximum Gasteiger partial charge on any atom is 0.263 e. The summed E-state index contributed by atoms with van der Waals surface area (Å²) in [6, 6.07) is 7.16. The molecule has 1 atom stereocenters. The summed E-state index contributed by atoms with van der Waals surface area (Å²) in [7, 11) is 1.60. The van der Waals surface area contributed by atoms with Crippen molar-refractivity contribution < 1.29 is 19.1 Å². The van der Waals surface area contributed by atoms with Crippen molar-refractivity contribution in [3.8, 4) is 11.5 Å². The van der Waals surface area contributed by atoms with Gasteiger partial charge in [-0.3, -0.25) is 9.59 Å². The Hall–Kier alpha value is -2.24. The van der Waals surface area contributed by atoms with E-state index in [0.717, 1.165) is 5.75 Å². The highest BCUT2D eigenvalue weighted by Crippen LogP contribution is 2.22. The summed E-state index contributed by atoms with van der Waals surface area (Å²) in [5.74, 6) is 0.940. The lowest BCUT2D eigenvalue weighted by Crippen LogP contribution is -2.47. The van der Waals surface area contributed by atoms with Gasteiger partial charge < -0.3 is 20.1 Å². The smallest absolute Gasteiger partial charge is 0.263 e. The molecule has 0 unspecified atom stereocenters. The number of hydrogen-bond acceptors (Lipinski definition) is 4. The van der Waals surface area contributed by atoms with Gasteiger partial charge >= 0.3 is 0 Å². The maximum atomic E-state index is 12.6. The summed E-state index contributed by atoms with van der Waals surface area (Å²) in [5, 5.41) is 0. The second kappa shape index (κ2) is 7.85. The molecule has 0 aliphatic carbocycles. The van der Waals surface area contributed by atoms with Gasteiger partial charge in [0, 0.05) is 19.0 Å². The fourth-order valence-corrected chi connectivity index (χ4v) is 2.71. The Morgan fingerprint density at radius 2 is 1.78 bits per heavy atom. The first-order chi connectivity index (χ1) is 11.0. The van der Waals surface area contributed by atoms with Crippen LogP contribution in [0.4, 0.5) is 0 Å². The number of amides is 2. The number of primary amides is 1. The van der Waals surface area contributed by atoms with Gasteiger partial charge in [-0.15, -0.1) is 0 Å². The summed E-state index contributed by atoms with van der Waals surface area (Å²) in [5.41, 5.74) is 5.32. The fourth-order valence-electron chi connectivity index (χ4n) is 2.71. The minimum atomic E-state index is -0.520. The second-order valence-electron chi connectivity index (χ2n) is 5.69.